The Kier molecular flexibility index (Phi) is 6.77. The fourth-order valence-corrected chi connectivity index (χ4v) is 1.39. The van der Waals surface area contributed by atoms with Gasteiger partial charge >= 0.3 is 0 Å². The lowest BCUT2D eigenvalue weighted by molar-refractivity contribution is -0.127. The van der Waals surface area contributed by atoms with Gasteiger partial charge < -0.3 is 22.0 Å². The minimum absolute atomic E-state index is 0.111. The number of rotatable bonds is 8. The van der Waals surface area contributed by atoms with Gasteiger partial charge in [-0.3, -0.25) is 9.59 Å². The molecule has 0 aliphatic carbocycles. The molecule has 0 saturated heterocycles. The first kappa shape index (κ1) is 16.2. The zero-order chi connectivity index (χ0) is 14.2. The third-order valence-electron chi connectivity index (χ3n) is 3.02. The van der Waals surface area contributed by atoms with Gasteiger partial charge in [-0.25, -0.2) is 0 Å². The topological polar surface area (TPSA) is 131 Å². The molecular weight excluding hydrogens is 236 g/mol. The minimum atomic E-state index is -1.02. The molecule has 0 radical (unpaired) electrons. The Bertz CT molecular complexity index is 330. The number of unbranched alkanes of at least 4 members (excludes halogenated alkanes) is 1. The van der Waals surface area contributed by atoms with Gasteiger partial charge in [0, 0.05) is 13.0 Å². The maximum absolute atomic E-state index is 11.9. The van der Waals surface area contributed by atoms with Crippen molar-refractivity contribution in [2.24, 2.45) is 22.0 Å². The highest BCUT2D eigenvalue weighted by atomic mass is 16.4. The lowest BCUT2D eigenvalue weighted by Crippen LogP contribution is -2.47. The van der Waals surface area contributed by atoms with Crippen LogP contribution in [0.4, 0.5) is 0 Å². The predicted molar refractivity (Wildman–Crippen MR) is 67.9 cm³/mol. The van der Waals surface area contributed by atoms with E-state index in [1.165, 1.54) is 0 Å². The molecule has 104 valence electrons. The molecule has 0 aliphatic heterocycles. The molecule has 0 bridgehead atoms. The number of nitrogens with two attached hydrogens (primary N) is 2. The molecule has 6 N–H and O–H groups in total. The van der Waals surface area contributed by atoms with E-state index in [-0.39, 0.29) is 17.6 Å². The molecule has 0 rings (SSSR count). The zero-order valence-electron chi connectivity index (χ0n) is 10.9. The molecule has 1 atom stereocenters. The number of amides is 2. The normalized spacial score (nSPS) is 14.9. The third-order valence-corrected chi connectivity index (χ3v) is 3.02. The van der Waals surface area contributed by atoms with Crippen LogP contribution in [-0.4, -0.2) is 29.4 Å². The van der Waals surface area contributed by atoms with Gasteiger partial charge in [-0.15, -0.1) is 0 Å². The average Bonchev–Trinajstić information content (AvgIpc) is 2.35. The lowest BCUT2D eigenvalue weighted by atomic mass is 9.85. The maximum atomic E-state index is 11.9. The molecule has 0 spiro atoms. The van der Waals surface area contributed by atoms with Gasteiger partial charge in [0.1, 0.15) is 5.41 Å². The standard InChI is InChI=1S/C11H22N4O3/c1-3-11(2,9(13)15-18)10(17)14-7-5-4-6-8(12)16/h18H,3-7H2,1-2H3,(H2,12,16)(H2,13,15)(H,14,17). The van der Waals surface area contributed by atoms with Gasteiger partial charge in [-0.05, 0) is 26.2 Å². The molecule has 7 heteroatoms. The van der Waals surface area contributed by atoms with Crippen LogP contribution < -0.4 is 16.8 Å². The highest BCUT2D eigenvalue weighted by Crippen LogP contribution is 2.21. The summed E-state index contributed by atoms with van der Waals surface area (Å²) in [5, 5.41) is 14.2. The van der Waals surface area contributed by atoms with E-state index in [2.05, 4.69) is 10.5 Å². The second kappa shape index (κ2) is 7.52. The fourth-order valence-electron chi connectivity index (χ4n) is 1.39. The van der Waals surface area contributed by atoms with E-state index in [1.807, 2.05) is 0 Å². The van der Waals surface area contributed by atoms with Gasteiger partial charge in [-0.2, -0.15) is 0 Å². The number of carbonyl (C=O) groups excluding carboxylic acids is 2. The van der Waals surface area contributed by atoms with Crippen molar-refractivity contribution in [1.82, 2.24) is 5.32 Å². The summed E-state index contributed by atoms with van der Waals surface area (Å²) in [5.41, 5.74) is 9.49. The predicted octanol–water partition coefficient (Wildman–Crippen LogP) is -0.0791. The Morgan fingerprint density at radius 1 is 1.33 bits per heavy atom. The third kappa shape index (κ3) is 4.60. The van der Waals surface area contributed by atoms with Gasteiger partial charge in [-0.1, -0.05) is 12.1 Å². The summed E-state index contributed by atoms with van der Waals surface area (Å²) in [6, 6.07) is 0. The SMILES string of the molecule is CCC(C)(C(=O)NCCCCC(N)=O)C(N)=NO. The fraction of sp³-hybridized carbons (Fsp3) is 0.727. The molecule has 0 aromatic carbocycles. The first-order valence-electron chi connectivity index (χ1n) is 5.93. The molecule has 0 saturated carbocycles. The van der Waals surface area contributed by atoms with Crippen molar-refractivity contribution in [1.29, 1.82) is 0 Å². The molecule has 2 amide bonds. The highest BCUT2D eigenvalue weighted by Gasteiger charge is 2.35. The number of carbonyl (C=O) groups is 2. The molecule has 0 aromatic heterocycles. The number of nitrogens with one attached hydrogen (secondary N) is 1. The molecule has 0 aromatic rings. The van der Waals surface area contributed by atoms with Crippen molar-refractivity contribution in [2.45, 2.75) is 39.5 Å². The van der Waals surface area contributed by atoms with Crippen LogP contribution in [0.15, 0.2) is 5.16 Å². The minimum Gasteiger partial charge on any atom is -0.409 e. The maximum Gasteiger partial charge on any atom is 0.233 e. The summed E-state index contributed by atoms with van der Waals surface area (Å²) in [4.78, 5) is 22.4. The number of amidine groups is 1. The van der Waals surface area contributed by atoms with Crippen molar-refractivity contribution in [3.63, 3.8) is 0 Å². The smallest absolute Gasteiger partial charge is 0.233 e. The largest absolute Gasteiger partial charge is 0.409 e. The van der Waals surface area contributed by atoms with E-state index in [4.69, 9.17) is 16.7 Å². The Morgan fingerprint density at radius 3 is 2.39 bits per heavy atom. The van der Waals surface area contributed by atoms with Crippen LogP contribution in [-0.2, 0) is 9.59 Å². The van der Waals surface area contributed by atoms with Crippen molar-refractivity contribution < 1.29 is 14.8 Å². The summed E-state index contributed by atoms with van der Waals surface area (Å²) in [7, 11) is 0. The van der Waals surface area contributed by atoms with Crippen molar-refractivity contribution >= 4 is 17.6 Å². The summed E-state index contributed by atoms with van der Waals surface area (Å²) in [6.45, 7) is 3.83. The molecule has 0 heterocycles. The van der Waals surface area contributed by atoms with Crippen LogP contribution >= 0.6 is 0 Å². The van der Waals surface area contributed by atoms with Gasteiger partial charge in [0.05, 0.1) is 0 Å². The van der Waals surface area contributed by atoms with E-state index in [0.29, 0.717) is 32.2 Å². The monoisotopic (exact) mass is 258 g/mol. The molecule has 0 fully saturated rings. The quantitative estimate of drug-likeness (QED) is 0.159. The van der Waals surface area contributed by atoms with Crippen LogP contribution in [0.5, 0.6) is 0 Å². The lowest BCUT2D eigenvalue weighted by Gasteiger charge is -2.25. The first-order valence-corrected chi connectivity index (χ1v) is 5.93. The van der Waals surface area contributed by atoms with E-state index in [0.717, 1.165) is 0 Å². The van der Waals surface area contributed by atoms with Crippen molar-refractivity contribution in [3.8, 4) is 0 Å². The summed E-state index contributed by atoms with van der Waals surface area (Å²) in [6.07, 6.45) is 2.02. The van der Waals surface area contributed by atoms with E-state index in [1.54, 1.807) is 13.8 Å². The van der Waals surface area contributed by atoms with Gasteiger partial charge in [0.2, 0.25) is 11.8 Å². The van der Waals surface area contributed by atoms with Crippen LogP contribution in [0.1, 0.15) is 39.5 Å². The Balaban J connectivity index is 4.18. The van der Waals surface area contributed by atoms with Gasteiger partial charge in [0.15, 0.2) is 5.84 Å². The second-order valence-corrected chi connectivity index (χ2v) is 4.35. The number of nitrogens with zero attached hydrogens (tertiary/aromatic N) is 1. The summed E-state index contributed by atoms with van der Waals surface area (Å²) < 4.78 is 0. The zero-order valence-corrected chi connectivity index (χ0v) is 10.9. The molecule has 18 heavy (non-hydrogen) atoms. The molecule has 0 aliphatic rings. The Labute approximate surface area is 107 Å². The number of oxime groups is 1. The molecule has 1 unspecified atom stereocenters. The van der Waals surface area contributed by atoms with Crippen molar-refractivity contribution in [2.75, 3.05) is 6.54 Å². The number of hydrogen-bond acceptors (Lipinski definition) is 4. The van der Waals surface area contributed by atoms with Gasteiger partial charge in [0.25, 0.3) is 0 Å². The van der Waals surface area contributed by atoms with Crippen LogP contribution in [0, 0.1) is 5.41 Å². The Hall–Kier alpha value is -1.79. The average molecular weight is 258 g/mol. The molecule has 7 nitrogen and oxygen atoms in total. The molecular formula is C11H22N4O3. The summed E-state index contributed by atoms with van der Waals surface area (Å²) >= 11 is 0. The Morgan fingerprint density at radius 2 is 1.94 bits per heavy atom. The van der Waals surface area contributed by atoms with Crippen LogP contribution in [0.3, 0.4) is 0 Å². The van der Waals surface area contributed by atoms with E-state index >= 15 is 0 Å². The number of primary amides is 1. The summed E-state index contributed by atoms with van der Waals surface area (Å²) in [5.74, 6) is -0.754. The van der Waals surface area contributed by atoms with Crippen molar-refractivity contribution in [3.05, 3.63) is 0 Å². The second-order valence-electron chi connectivity index (χ2n) is 4.35. The number of hydrogen-bond donors (Lipinski definition) is 4. The first-order chi connectivity index (χ1) is 8.38. The van der Waals surface area contributed by atoms with E-state index in [9.17, 15) is 9.59 Å². The van der Waals surface area contributed by atoms with Crippen LogP contribution in [0.2, 0.25) is 0 Å². The van der Waals surface area contributed by atoms with Crippen LogP contribution in [0.25, 0.3) is 0 Å². The highest BCUT2D eigenvalue weighted by molar-refractivity contribution is 6.06. The van der Waals surface area contributed by atoms with E-state index < -0.39 is 5.41 Å².